The Balaban J connectivity index is 1.99. The summed E-state index contributed by atoms with van der Waals surface area (Å²) in [6.45, 7) is 5.06. The number of rotatable bonds is 4. The van der Waals surface area contributed by atoms with Crippen molar-refractivity contribution in [3.05, 3.63) is 0 Å². The number of likely N-dealkylation sites (tertiary alicyclic amines) is 1. The average Bonchev–Trinajstić information content (AvgIpc) is 2.81. The lowest BCUT2D eigenvalue weighted by atomic mass is 10.00. The molecule has 0 radical (unpaired) electrons. The molecule has 0 aromatic heterocycles. The van der Waals surface area contributed by atoms with Crippen LogP contribution in [0.15, 0.2) is 0 Å². The van der Waals surface area contributed by atoms with Gasteiger partial charge in [0.15, 0.2) is 0 Å². The standard InChI is InChI=1S/C12H22N2O2/c1-11(2,5-7-15)13-10(16)12-8-9(12)4-6-14(12)3/h9,15H,4-8H2,1-3H3,(H,13,16)/t9?,12-/m0/s1. The Kier molecular flexibility index (Phi) is 2.75. The van der Waals surface area contributed by atoms with E-state index in [4.69, 9.17) is 5.11 Å². The molecular formula is C12H22N2O2. The van der Waals surface area contributed by atoms with Gasteiger partial charge < -0.3 is 10.4 Å². The van der Waals surface area contributed by atoms with Gasteiger partial charge in [0.2, 0.25) is 5.91 Å². The number of carbonyl (C=O) groups is 1. The summed E-state index contributed by atoms with van der Waals surface area (Å²) in [7, 11) is 2.03. The highest BCUT2D eigenvalue weighted by Gasteiger charge is 2.65. The van der Waals surface area contributed by atoms with Gasteiger partial charge in [-0.1, -0.05) is 0 Å². The van der Waals surface area contributed by atoms with Crippen molar-refractivity contribution in [1.29, 1.82) is 0 Å². The van der Waals surface area contributed by atoms with E-state index in [2.05, 4.69) is 10.2 Å². The second kappa shape index (κ2) is 3.70. The fourth-order valence-electron chi connectivity index (χ4n) is 2.88. The molecule has 1 saturated carbocycles. The van der Waals surface area contributed by atoms with Crippen LogP contribution in [-0.4, -0.2) is 47.2 Å². The minimum absolute atomic E-state index is 0.111. The van der Waals surface area contributed by atoms with E-state index in [1.54, 1.807) is 0 Å². The molecule has 4 heteroatoms. The summed E-state index contributed by atoms with van der Waals surface area (Å²) in [6, 6.07) is 0. The Bertz CT molecular complexity index is 303. The Morgan fingerprint density at radius 2 is 2.31 bits per heavy atom. The first-order valence-electron chi connectivity index (χ1n) is 6.07. The number of carbonyl (C=O) groups excluding carboxylic acids is 1. The number of nitrogens with zero attached hydrogens (tertiary/aromatic N) is 1. The van der Waals surface area contributed by atoms with E-state index in [0.29, 0.717) is 12.3 Å². The highest BCUT2D eigenvalue weighted by Crippen LogP contribution is 2.55. The first-order valence-corrected chi connectivity index (χ1v) is 6.07. The number of hydrogen-bond acceptors (Lipinski definition) is 3. The third-order valence-corrected chi connectivity index (χ3v) is 4.15. The molecule has 1 heterocycles. The van der Waals surface area contributed by atoms with Gasteiger partial charge in [0.05, 0.1) is 0 Å². The minimum atomic E-state index is -0.308. The van der Waals surface area contributed by atoms with Crippen molar-refractivity contribution in [2.75, 3.05) is 20.2 Å². The lowest BCUT2D eigenvalue weighted by Gasteiger charge is -2.30. The third kappa shape index (κ3) is 1.74. The van der Waals surface area contributed by atoms with Crippen LogP contribution in [0.25, 0.3) is 0 Å². The molecule has 0 bridgehead atoms. The third-order valence-electron chi connectivity index (χ3n) is 4.15. The maximum atomic E-state index is 12.3. The normalized spacial score (nSPS) is 33.6. The molecule has 2 atom stereocenters. The van der Waals surface area contributed by atoms with Gasteiger partial charge in [0.25, 0.3) is 0 Å². The zero-order chi connectivity index (χ0) is 12.0. The molecule has 1 aliphatic carbocycles. The molecule has 0 spiro atoms. The summed E-state index contributed by atoms with van der Waals surface area (Å²) in [4.78, 5) is 14.5. The van der Waals surface area contributed by atoms with E-state index in [0.717, 1.165) is 19.4 Å². The van der Waals surface area contributed by atoms with E-state index >= 15 is 0 Å². The van der Waals surface area contributed by atoms with Gasteiger partial charge in [-0.15, -0.1) is 0 Å². The van der Waals surface area contributed by atoms with Crippen LogP contribution in [0.2, 0.25) is 0 Å². The maximum absolute atomic E-state index is 12.3. The predicted molar refractivity (Wildman–Crippen MR) is 62.0 cm³/mol. The van der Waals surface area contributed by atoms with Crippen LogP contribution in [0, 0.1) is 5.92 Å². The first kappa shape index (κ1) is 11.9. The van der Waals surface area contributed by atoms with Crippen LogP contribution in [0.4, 0.5) is 0 Å². The number of likely N-dealkylation sites (N-methyl/N-ethyl adjacent to an activating group) is 1. The number of piperidine rings is 1. The fourth-order valence-corrected chi connectivity index (χ4v) is 2.88. The van der Waals surface area contributed by atoms with E-state index < -0.39 is 0 Å². The molecule has 4 nitrogen and oxygen atoms in total. The van der Waals surface area contributed by atoms with E-state index in [1.807, 2.05) is 20.9 Å². The summed E-state index contributed by atoms with van der Waals surface area (Å²) >= 11 is 0. The van der Waals surface area contributed by atoms with Crippen molar-refractivity contribution in [3.8, 4) is 0 Å². The molecular weight excluding hydrogens is 204 g/mol. The van der Waals surface area contributed by atoms with Crippen LogP contribution >= 0.6 is 0 Å². The number of fused-ring (bicyclic) bond motifs is 1. The van der Waals surface area contributed by atoms with Gasteiger partial charge in [-0.25, -0.2) is 0 Å². The lowest BCUT2D eigenvalue weighted by molar-refractivity contribution is -0.128. The maximum Gasteiger partial charge on any atom is 0.241 e. The fraction of sp³-hybridized carbons (Fsp3) is 0.917. The lowest BCUT2D eigenvalue weighted by Crippen LogP contribution is -2.53. The zero-order valence-electron chi connectivity index (χ0n) is 10.4. The topological polar surface area (TPSA) is 52.6 Å². The molecule has 92 valence electrons. The van der Waals surface area contributed by atoms with Crippen molar-refractivity contribution >= 4 is 5.91 Å². The Hall–Kier alpha value is -0.610. The number of aliphatic hydroxyl groups is 1. The zero-order valence-corrected chi connectivity index (χ0v) is 10.4. The molecule has 2 fully saturated rings. The predicted octanol–water partition coefficient (Wildman–Crippen LogP) is 0.358. The van der Waals surface area contributed by atoms with Gasteiger partial charge in [0.1, 0.15) is 5.54 Å². The van der Waals surface area contributed by atoms with Gasteiger partial charge in [0, 0.05) is 12.1 Å². The average molecular weight is 226 g/mol. The molecule has 1 unspecified atom stereocenters. The van der Waals surface area contributed by atoms with Crippen molar-refractivity contribution in [2.45, 2.75) is 44.2 Å². The summed E-state index contributed by atoms with van der Waals surface area (Å²) in [5.74, 6) is 0.707. The monoisotopic (exact) mass is 226 g/mol. The second-order valence-electron chi connectivity index (χ2n) is 5.85. The number of aliphatic hydroxyl groups excluding tert-OH is 1. The van der Waals surface area contributed by atoms with Crippen molar-refractivity contribution in [3.63, 3.8) is 0 Å². The highest BCUT2D eigenvalue weighted by atomic mass is 16.3. The molecule has 1 aliphatic heterocycles. The smallest absolute Gasteiger partial charge is 0.241 e. The summed E-state index contributed by atoms with van der Waals surface area (Å²) < 4.78 is 0. The van der Waals surface area contributed by atoms with Crippen LogP contribution in [0.1, 0.15) is 33.1 Å². The number of hydrogen-bond donors (Lipinski definition) is 2. The first-order chi connectivity index (χ1) is 7.42. The second-order valence-corrected chi connectivity index (χ2v) is 5.85. The molecule has 2 N–H and O–H groups in total. The minimum Gasteiger partial charge on any atom is -0.396 e. The molecule has 2 aliphatic rings. The molecule has 2 rings (SSSR count). The summed E-state index contributed by atoms with van der Waals surface area (Å²) in [5, 5.41) is 12.0. The van der Waals surface area contributed by atoms with Crippen LogP contribution in [0.5, 0.6) is 0 Å². The molecule has 16 heavy (non-hydrogen) atoms. The highest BCUT2D eigenvalue weighted by molar-refractivity contribution is 5.91. The summed E-state index contributed by atoms with van der Waals surface area (Å²) in [6.07, 6.45) is 2.75. The Labute approximate surface area is 97.0 Å². The summed E-state index contributed by atoms with van der Waals surface area (Å²) in [5.41, 5.74) is -0.524. The van der Waals surface area contributed by atoms with Gasteiger partial charge in [-0.05, 0) is 52.6 Å². The van der Waals surface area contributed by atoms with Crippen molar-refractivity contribution < 1.29 is 9.90 Å². The number of nitrogens with one attached hydrogen (secondary N) is 1. The van der Waals surface area contributed by atoms with E-state index in [9.17, 15) is 4.79 Å². The molecule has 0 aromatic carbocycles. The van der Waals surface area contributed by atoms with Gasteiger partial charge in [-0.3, -0.25) is 9.69 Å². The molecule has 1 saturated heterocycles. The largest absolute Gasteiger partial charge is 0.396 e. The van der Waals surface area contributed by atoms with Gasteiger partial charge in [-0.2, -0.15) is 0 Å². The quantitative estimate of drug-likeness (QED) is 0.727. The van der Waals surface area contributed by atoms with Crippen molar-refractivity contribution in [2.24, 2.45) is 5.92 Å². The van der Waals surface area contributed by atoms with Gasteiger partial charge >= 0.3 is 0 Å². The Morgan fingerprint density at radius 1 is 1.62 bits per heavy atom. The SMILES string of the molecule is CN1CCC2C[C@@]21C(=O)NC(C)(C)CCO. The van der Waals surface area contributed by atoms with E-state index in [-0.39, 0.29) is 23.6 Å². The Morgan fingerprint density at radius 3 is 2.75 bits per heavy atom. The van der Waals surface area contributed by atoms with Crippen LogP contribution < -0.4 is 5.32 Å². The van der Waals surface area contributed by atoms with Crippen LogP contribution in [0.3, 0.4) is 0 Å². The number of amides is 1. The van der Waals surface area contributed by atoms with Crippen molar-refractivity contribution in [1.82, 2.24) is 10.2 Å². The van der Waals surface area contributed by atoms with E-state index in [1.165, 1.54) is 0 Å². The van der Waals surface area contributed by atoms with Crippen LogP contribution in [-0.2, 0) is 4.79 Å². The molecule has 1 amide bonds. The molecule has 0 aromatic rings.